The molecule has 0 saturated carbocycles. The molecule has 0 bridgehead atoms. The fourth-order valence-electron chi connectivity index (χ4n) is 4.27. The first kappa shape index (κ1) is 31.3. The summed E-state index contributed by atoms with van der Waals surface area (Å²) in [6.07, 6.45) is -6.42. The Bertz CT molecular complexity index is 1120. The van der Waals surface area contributed by atoms with E-state index in [9.17, 15) is 31.1 Å². The molecule has 1 saturated heterocycles. The Morgan fingerprint density at radius 2 is 1.49 bits per heavy atom. The molecule has 1 aliphatic carbocycles. The number of carboxylic acid groups (broad SMARTS) is 2. The van der Waals surface area contributed by atoms with Gasteiger partial charge < -0.3 is 20.4 Å². The number of carboxylic acids is 2. The van der Waals surface area contributed by atoms with Crippen LogP contribution in [-0.2, 0) is 16.1 Å². The first-order valence-electron chi connectivity index (χ1n) is 11.3. The van der Waals surface area contributed by atoms with Gasteiger partial charge in [0.25, 0.3) is 0 Å². The van der Waals surface area contributed by atoms with Crippen molar-refractivity contribution in [3.63, 3.8) is 0 Å². The van der Waals surface area contributed by atoms with Crippen molar-refractivity contribution in [2.45, 2.75) is 30.9 Å². The number of fused-ring (bicyclic) bond motifs is 3. The lowest BCUT2D eigenvalue weighted by Gasteiger charge is -2.24. The number of hydrogen-bond acceptors (Lipinski definition) is 5. The van der Waals surface area contributed by atoms with Crippen LogP contribution in [0.4, 0.5) is 31.1 Å². The zero-order chi connectivity index (χ0) is 29.5. The van der Waals surface area contributed by atoms with Crippen molar-refractivity contribution in [1.82, 2.24) is 20.1 Å². The van der Waals surface area contributed by atoms with Crippen LogP contribution < -0.4 is 5.32 Å². The number of aliphatic carboxylic acids is 2. The third-order valence-electron chi connectivity index (χ3n) is 5.90. The number of alkyl halides is 6. The molecule has 2 aliphatic rings. The lowest BCUT2D eigenvalue weighted by atomic mass is 9.94. The number of hydrogen-bond donors (Lipinski definition) is 3. The van der Waals surface area contributed by atoms with Crippen LogP contribution in [0.2, 0.25) is 0 Å². The molecule has 214 valence electrons. The number of aromatic nitrogens is 1. The van der Waals surface area contributed by atoms with E-state index in [4.69, 9.17) is 19.8 Å². The number of urea groups is 1. The molecule has 2 heterocycles. The van der Waals surface area contributed by atoms with Gasteiger partial charge in [0.1, 0.15) is 0 Å². The Morgan fingerprint density at radius 3 is 1.95 bits per heavy atom. The highest BCUT2D eigenvalue weighted by Gasteiger charge is 2.46. The molecule has 15 heteroatoms. The van der Waals surface area contributed by atoms with Crippen molar-refractivity contribution in [2.75, 3.05) is 27.2 Å². The van der Waals surface area contributed by atoms with Crippen molar-refractivity contribution >= 4 is 18.0 Å². The minimum Gasteiger partial charge on any atom is -0.475 e. The fourth-order valence-corrected chi connectivity index (χ4v) is 4.27. The van der Waals surface area contributed by atoms with E-state index in [1.165, 1.54) is 16.7 Å². The van der Waals surface area contributed by atoms with E-state index in [1.54, 1.807) is 19.0 Å². The zero-order valence-corrected chi connectivity index (χ0v) is 20.7. The minimum absolute atomic E-state index is 0.0221. The van der Waals surface area contributed by atoms with E-state index in [0.29, 0.717) is 11.8 Å². The van der Waals surface area contributed by atoms with Crippen LogP contribution in [0, 0.1) is 5.92 Å². The molecule has 3 atom stereocenters. The van der Waals surface area contributed by atoms with Gasteiger partial charge in [-0.05, 0) is 22.8 Å². The van der Waals surface area contributed by atoms with Crippen LogP contribution in [0.3, 0.4) is 0 Å². The standard InChI is InChI=1S/C20H24N4O.2C2HF3O2/c1-23(2)20(25)22-19-16-8-4-3-7-15(16)17-12-24(13-18(17)19)11-14-6-5-9-21-10-14;2*3-2(4,5)1(6)7/h3-10,17-19H,11-13H2,1-2H3,(H,22,25);2*(H,6,7)/t17-,18-,19-;;/m0../s1. The van der Waals surface area contributed by atoms with E-state index < -0.39 is 24.3 Å². The molecule has 1 fully saturated rings. The molecule has 2 aromatic rings. The number of nitrogens with zero attached hydrogens (tertiary/aromatic N) is 3. The van der Waals surface area contributed by atoms with Gasteiger partial charge in [-0.2, -0.15) is 26.3 Å². The quantitative estimate of drug-likeness (QED) is 0.484. The predicted octanol–water partition coefficient (Wildman–Crippen LogP) is 3.89. The number of amides is 2. The SMILES string of the molecule is CN(C)C(=O)N[C@H]1c2ccccc2[C@@H]2CN(Cc3cccnc3)C[C@@H]21.O=C(O)C(F)(F)F.O=C(O)C(F)(F)F. The second kappa shape index (κ2) is 12.8. The highest BCUT2D eigenvalue weighted by molar-refractivity contribution is 5.74. The summed E-state index contributed by atoms with van der Waals surface area (Å²) in [7, 11) is 3.58. The second-order valence-corrected chi connectivity index (χ2v) is 8.88. The second-order valence-electron chi connectivity index (χ2n) is 8.88. The lowest BCUT2D eigenvalue weighted by molar-refractivity contribution is -0.193. The van der Waals surface area contributed by atoms with Gasteiger partial charge in [-0.15, -0.1) is 0 Å². The minimum atomic E-state index is -5.08. The summed E-state index contributed by atoms with van der Waals surface area (Å²) in [5.74, 6) is -4.60. The molecule has 0 radical (unpaired) electrons. The summed E-state index contributed by atoms with van der Waals surface area (Å²) in [6, 6.07) is 12.8. The van der Waals surface area contributed by atoms with Crippen LogP contribution >= 0.6 is 0 Å². The third-order valence-corrected chi connectivity index (χ3v) is 5.90. The van der Waals surface area contributed by atoms with Crippen molar-refractivity contribution < 1.29 is 50.9 Å². The number of carbonyl (C=O) groups excluding carboxylic acids is 1. The number of nitrogens with one attached hydrogen (secondary N) is 1. The third kappa shape index (κ3) is 8.84. The Labute approximate surface area is 219 Å². The van der Waals surface area contributed by atoms with E-state index >= 15 is 0 Å². The highest BCUT2D eigenvalue weighted by atomic mass is 19.4. The van der Waals surface area contributed by atoms with E-state index in [1.807, 2.05) is 18.5 Å². The monoisotopic (exact) mass is 564 g/mol. The Morgan fingerprint density at radius 1 is 0.949 bits per heavy atom. The molecule has 1 aromatic heterocycles. The summed E-state index contributed by atoms with van der Waals surface area (Å²) in [6.45, 7) is 2.94. The Balaban J connectivity index is 0.000000317. The zero-order valence-electron chi connectivity index (χ0n) is 20.7. The van der Waals surface area contributed by atoms with Crippen molar-refractivity contribution in [3.8, 4) is 0 Å². The van der Waals surface area contributed by atoms with Gasteiger partial charge in [0, 0.05) is 58.0 Å². The number of benzene rings is 1. The summed E-state index contributed by atoms with van der Waals surface area (Å²) >= 11 is 0. The molecular weight excluding hydrogens is 538 g/mol. The maximum absolute atomic E-state index is 12.3. The van der Waals surface area contributed by atoms with E-state index in [0.717, 1.165) is 19.6 Å². The molecule has 2 amide bonds. The van der Waals surface area contributed by atoms with Crippen LogP contribution in [0.15, 0.2) is 48.8 Å². The van der Waals surface area contributed by atoms with Gasteiger partial charge >= 0.3 is 30.3 Å². The topological polar surface area (TPSA) is 123 Å². The van der Waals surface area contributed by atoms with Gasteiger partial charge in [0.05, 0.1) is 6.04 Å². The number of pyridine rings is 1. The maximum Gasteiger partial charge on any atom is 0.490 e. The number of likely N-dealkylation sites (tertiary alicyclic amines) is 1. The molecule has 3 N–H and O–H groups in total. The smallest absolute Gasteiger partial charge is 0.475 e. The van der Waals surface area contributed by atoms with Gasteiger partial charge in [-0.3, -0.25) is 9.88 Å². The predicted molar refractivity (Wildman–Crippen MR) is 125 cm³/mol. The van der Waals surface area contributed by atoms with Crippen molar-refractivity contribution in [2.24, 2.45) is 5.92 Å². The normalized spacial score (nSPS) is 19.8. The number of rotatable bonds is 3. The van der Waals surface area contributed by atoms with Gasteiger partial charge in [0.15, 0.2) is 0 Å². The molecular formula is C24H26F6N4O5. The Hall–Kier alpha value is -3.88. The lowest BCUT2D eigenvalue weighted by Crippen LogP contribution is -2.39. The maximum atomic E-state index is 12.3. The van der Waals surface area contributed by atoms with Crippen LogP contribution in [0.1, 0.15) is 28.7 Å². The van der Waals surface area contributed by atoms with E-state index in [-0.39, 0.29) is 12.1 Å². The van der Waals surface area contributed by atoms with Crippen LogP contribution in [-0.4, -0.2) is 82.5 Å². The molecule has 1 aromatic carbocycles. The molecule has 1 aliphatic heterocycles. The number of halogens is 6. The molecule has 0 unspecified atom stereocenters. The summed E-state index contributed by atoms with van der Waals surface area (Å²) in [4.78, 5) is 38.4. The largest absolute Gasteiger partial charge is 0.490 e. The molecule has 39 heavy (non-hydrogen) atoms. The van der Waals surface area contributed by atoms with E-state index in [2.05, 4.69) is 45.5 Å². The summed E-state index contributed by atoms with van der Waals surface area (Å²) < 4.78 is 63.5. The fraction of sp³-hybridized carbons (Fsp3) is 0.417. The van der Waals surface area contributed by atoms with Crippen LogP contribution in [0.5, 0.6) is 0 Å². The summed E-state index contributed by atoms with van der Waals surface area (Å²) in [5.41, 5.74) is 3.92. The molecule has 9 nitrogen and oxygen atoms in total. The van der Waals surface area contributed by atoms with Crippen LogP contribution in [0.25, 0.3) is 0 Å². The average molecular weight is 564 g/mol. The van der Waals surface area contributed by atoms with Gasteiger partial charge in [-0.1, -0.05) is 30.3 Å². The van der Waals surface area contributed by atoms with Gasteiger partial charge in [0.2, 0.25) is 0 Å². The van der Waals surface area contributed by atoms with Crippen molar-refractivity contribution in [3.05, 3.63) is 65.5 Å². The van der Waals surface area contributed by atoms with Crippen molar-refractivity contribution in [1.29, 1.82) is 0 Å². The van der Waals surface area contributed by atoms with Gasteiger partial charge in [-0.25, -0.2) is 14.4 Å². The summed E-state index contributed by atoms with van der Waals surface area (Å²) in [5, 5.41) is 17.5. The average Bonchev–Trinajstić information content (AvgIpc) is 3.37. The Kier molecular flexibility index (Phi) is 10.3. The number of carbonyl (C=O) groups is 3. The first-order valence-corrected chi connectivity index (χ1v) is 11.3. The first-order chi connectivity index (χ1) is 18.0. The molecule has 4 rings (SSSR count). The highest BCUT2D eigenvalue weighted by Crippen LogP contribution is 2.49. The molecule has 0 spiro atoms.